The number of rotatable bonds is 4. The van der Waals surface area contributed by atoms with Crippen LogP contribution in [-0.2, 0) is 6.18 Å². The lowest BCUT2D eigenvalue weighted by molar-refractivity contribution is -0.141. The van der Waals surface area contributed by atoms with Gasteiger partial charge in [0.15, 0.2) is 5.84 Å². The van der Waals surface area contributed by atoms with Gasteiger partial charge in [-0.15, -0.1) is 0 Å². The smallest absolute Gasteiger partial charge is 0.409 e. The molecule has 0 saturated heterocycles. The zero-order valence-corrected chi connectivity index (χ0v) is 10.6. The van der Waals surface area contributed by atoms with E-state index in [0.29, 0.717) is 6.54 Å². The highest BCUT2D eigenvalue weighted by molar-refractivity contribution is 6.01. The van der Waals surface area contributed by atoms with E-state index in [2.05, 4.69) is 10.1 Å². The van der Waals surface area contributed by atoms with Gasteiger partial charge in [-0.05, 0) is 18.6 Å². The van der Waals surface area contributed by atoms with Crippen molar-refractivity contribution in [3.8, 4) is 0 Å². The van der Waals surface area contributed by atoms with Crippen molar-refractivity contribution in [3.05, 3.63) is 23.4 Å². The molecule has 0 aliphatic heterocycles. The first-order valence-electron chi connectivity index (χ1n) is 5.58. The third-order valence-corrected chi connectivity index (χ3v) is 2.47. The van der Waals surface area contributed by atoms with Crippen LogP contribution in [0.2, 0.25) is 0 Å². The fourth-order valence-electron chi connectivity index (χ4n) is 1.59. The van der Waals surface area contributed by atoms with Crippen molar-refractivity contribution in [3.63, 3.8) is 0 Å². The van der Waals surface area contributed by atoms with Crippen molar-refractivity contribution >= 4 is 11.7 Å². The van der Waals surface area contributed by atoms with Gasteiger partial charge in [-0.1, -0.05) is 12.1 Å². The standard InChI is InChI=1S/C11H15F3N4O/c1-3-6-18(2)10-7(9(15)17-19)4-5-8(16-10)11(12,13)14/h4-5,19H,3,6H2,1-2H3,(H2,15,17). The molecule has 106 valence electrons. The SMILES string of the molecule is CCCN(C)c1nc(C(F)(F)F)ccc1C(N)=NO. The third-order valence-electron chi connectivity index (χ3n) is 2.47. The molecule has 0 aromatic carbocycles. The molecule has 0 radical (unpaired) electrons. The van der Waals surface area contributed by atoms with Crippen molar-refractivity contribution in [2.45, 2.75) is 19.5 Å². The molecule has 8 heteroatoms. The van der Waals surface area contributed by atoms with Crippen LogP contribution in [0.4, 0.5) is 19.0 Å². The number of hydrogen-bond acceptors (Lipinski definition) is 4. The van der Waals surface area contributed by atoms with E-state index in [1.807, 2.05) is 6.92 Å². The number of nitrogens with zero attached hydrogens (tertiary/aromatic N) is 3. The van der Waals surface area contributed by atoms with Crippen LogP contribution >= 0.6 is 0 Å². The highest BCUT2D eigenvalue weighted by Crippen LogP contribution is 2.30. The first kappa shape index (κ1) is 15.1. The maximum absolute atomic E-state index is 12.6. The number of nitrogens with two attached hydrogens (primary N) is 1. The van der Waals surface area contributed by atoms with E-state index in [1.165, 1.54) is 4.90 Å². The van der Waals surface area contributed by atoms with Crippen LogP contribution in [0.25, 0.3) is 0 Å². The lowest BCUT2D eigenvalue weighted by Crippen LogP contribution is -2.26. The quantitative estimate of drug-likeness (QED) is 0.382. The number of halogens is 3. The molecule has 3 N–H and O–H groups in total. The van der Waals surface area contributed by atoms with Crippen molar-refractivity contribution in [2.75, 3.05) is 18.5 Å². The second-order valence-electron chi connectivity index (χ2n) is 3.97. The van der Waals surface area contributed by atoms with Crippen molar-refractivity contribution in [1.82, 2.24) is 4.98 Å². The van der Waals surface area contributed by atoms with Gasteiger partial charge in [-0.25, -0.2) is 4.98 Å². The molecule has 0 atom stereocenters. The Kier molecular flexibility index (Phi) is 4.57. The average molecular weight is 276 g/mol. The molecule has 0 saturated carbocycles. The second kappa shape index (κ2) is 5.77. The zero-order valence-electron chi connectivity index (χ0n) is 10.6. The molecule has 1 aromatic heterocycles. The molecule has 1 heterocycles. The number of anilines is 1. The molecule has 0 fully saturated rings. The van der Waals surface area contributed by atoms with E-state index in [-0.39, 0.29) is 17.2 Å². The summed E-state index contributed by atoms with van der Waals surface area (Å²) in [4.78, 5) is 5.09. The Bertz CT molecular complexity index is 473. The van der Waals surface area contributed by atoms with Crippen LogP contribution in [0.15, 0.2) is 17.3 Å². The number of pyridine rings is 1. The topological polar surface area (TPSA) is 74.7 Å². The Morgan fingerprint density at radius 2 is 2.11 bits per heavy atom. The molecule has 0 aliphatic rings. The second-order valence-corrected chi connectivity index (χ2v) is 3.97. The zero-order chi connectivity index (χ0) is 14.6. The molecule has 0 unspecified atom stereocenters. The molecule has 0 spiro atoms. The minimum Gasteiger partial charge on any atom is -0.409 e. The highest BCUT2D eigenvalue weighted by Gasteiger charge is 2.33. The number of oxime groups is 1. The van der Waals surface area contributed by atoms with E-state index in [4.69, 9.17) is 10.9 Å². The molecule has 19 heavy (non-hydrogen) atoms. The molecule has 0 amide bonds. The molecule has 0 bridgehead atoms. The number of alkyl halides is 3. The third kappa shape index (κ3) is 3.49. The van der Waals surface area contributed by atoms with Gasteiger partial charge < -0.3 is 15.8 Å². The summed E-state index contributed by atoms with van der Waals surface area (Å²) < 4.78 is 37.9. The predicted molar refractivity (Wildman–Crippen MR) is 65.3 cm³/mol. The van der Waals surface area contributed by atoms with Gasteiger partial charge in [0, 0.05) is 13.6 Å². The Hall–Kier alpha value is -1.99. The lowest BCUT2D eigenvalue weighted by atomic mass is 10.2. The van der Waals surface area contributed by atoms with Crippen LogP contribution in [0.5, 0.6) is 0 Å². The van der Waals surface area contributed by atoms with E-state index in [0.717, 1.165) is 18.6 Å². The Morgan fingerprint density at radius 1 is 1.47 bits per heavy atom. The summed E-state index contributed by atoms with van der Waals surface area (Å²) in [7, 11) is 1.60. The Labute approximate surface area is 108 Å². The number of amidine groups is 1. The molecular weight excluding hydrogens is 261 g/mol. The molecule has 1 aromatic rings. The van der Waals surface area contributed by atoms with Crippen LogP contribution in [0.3, 0.4) is 0 Å². The van der Waals surface area contributed by atoms with Crippen LogP contribution in [0, 0.1) is 0 Å². The first-order valence-corrected chi connectivity index (χ1v) is 5.58. The molecular formula is C11H15F3N4O. The van der Waals surface area contributed by atoms with E-state index >= 15 is 0 Å². The predicted octanol–water partition coefficient (Wildman–Crippen LogP) is 2.04. The van der Waals surface area contributed by atoms with Crippen LogP contribution in [-0.4, -0.2) is 29.6 Å². The monoisotopic (exact) mass is 276 g/mol. The minimum atomic E-state index is -4.54. The van der Waals surface area contributed by atoms with E-state index < -0.39 is 11.9 Å². The fourth-order valence-corrected chi connectivity index (χ4v) is 1.59. The lowest BCUT2D eigenvalue weighted by Gasteiger charge is -2.21. The molecule has 5 nitrogen and oxygen atoms in total. The average Bonchev–Trinajstić information content (AvgIpc) is 2.36. The summed E-state index contributed by atoms with van der Waals surface area (Å²) in [5, 5.41) is 11.4. The first-order chi connectivity index (χ1) is 8.81. The van der Waals surface area contributed by atoms with Gasteiger partial charge >= 0.3 is 6.18 Å². The summed E-state index contributed by atoms with van der Waals surface area (Å²) in [6.07, 6.45) is -3.81. The van der Waals surface area contributed by atoms with Gasteiger partial charge in [-0.3, -0.25) is 0 Å². The normalized spacial score (nSPS) is 12.6. The largest absolute Gasteiger partial charge is 0.433 e. The number of aromatic nitrogens is 1. The number of hydrogen-bond donors (Lipinski definition) is 2. The summed E-state index contributed by atoms with van der Waals surface area (Å²) in [5.41, 5.74) is 4.59. The van der Waals surface area contributed by atoms with Gasteiger partial charge in [0.25, 0.3) is 0 Å². The van der Waals surface area contributed by atoms with Crippen LogP contribution in [0.1, 0.15) is 24.6 Å². The summed E-state index contributed by atoms with van der Waals surface area (Å²) in [6.45, 7) is 2.38. The van der Waals surface area contributed by atoms with E-state index in [9.17, 15) is 13.2 Å². The maximum atomic E-state index is 12.6. The van der Waals surface area contributed by atoms with Crippen molar-refractivity contribution in [2.24, 2.45) is 10.9 Å². The fraction of sp³-hybridized carbons (Fsp3) is 0.455. The highest BCUT2D eigenvalue weighted by atomic mass is 19.4. The van der Waals surface area contributed by atoms with Crippen molar-refractivity contribution in [1.29, 1.82) is 0 Å². The van der Waals surface area contributed by atoms with Gasteiger partial charge in [0.1, 0.15) is 11.5 Å². The van der Waals surface area contributed by atoms with Gasteiger partial charge in [0.05, 0.1) is 5.56 Å². The molecule has 1 rings (SSSR count). The Morgan fingerprint density at radius 3 is 2.58 bits per heavy atom. The molecule has 0 aliphatic carbocycles. The maximum Gasteiger partial charge on any atom is 0.433 e. The van der Waals surface area contributed by atoms with Crippen molar-refractivity contribution < 1.29 is 18.4 Å². The van der Waals surface area contributed by atoms with Gasteiger partial charge in [0.2, 0.25) is 0 Å². The van der Waals surface area contributed by atoms with Gasteiger partial charge in [-0.2, -0.15) is 13.2 Å². The van der Waals surface area contributed by atoms with E-state index in [1.54, 1.807) is 7.05 Å². The van der Waals surface area contributed by atoms with Crippen LogP contribution < -0.4 is 10.6 Å². The summed E-state index contributed by atoms with van der Waals surface area (Å²) in [6, 6.07) is 1.95. The summed E-state index contributed by atoms with van der Waals surface area (Å²) in [5.74, 6) is -0.244. The summed E-state index contributed by atoms with van der Waals surface area (Å²) >= 11 is 0. The Balaban J connectivity index is 3.34. The minimum absolute atomic E-state index is 0.0342.